The largest absolute Gasteiger partial charge is 0.493 e. The Morgan fingerprint density at radius 2 is 1.68 bits per heavy atom. The van der Waals surface area contributed by atoms with Gasteiger partial charge in [-0.15, -0.1) is 0 Å². The zero-order valence-electron chi connectivity index (χ0n) is 17.7. The van der Waals surface area contributed by atoms with Gasteiger partial charge in [0.05, 0.1) is 26.9 Å². The van der Waals surface area contributed by atoms with Crippen molar-refractivity contribution < 1.29 is 23.8 Å². The molecule has 0 saturated carbocycles. The molecule has 8 nitrogen and oxygen atoms in total. The first kappa shape index (κ1) is 23.3. The minimum Gasteiger partial charge on any atom is -0.493 e. The highest BCUT2D eigenvalue weighted by atomic mass is 16.5. The lowest BCUT2D eigenvalue weighted by molar-refractivity contribution is -0.117. The molecule has 0 radical (unpaired) electrons. The van der Waals surface area contributed by atoms with E-state index in [1.165, 1.54) is 13.3 Å². The van der Waals surface area contributed by atoms with Crippen molar-refractivity contribution in [3.63, 3.8) is 0 Å². The Morgan fingerprint density at radius 3 is 2.29 bits per heavy atom. The highest BCUT2D eigenvalue weighted by Gasteiger charge is 2.09. The summed E-state index contributed by atoms with van der Waals surface area (Å²) in [5, 5.41) is 14.9. The number of carbonyl (C=O) groups is 2. The summed E-state index contributed by atoms with van der Waals surface area (Å²) in [6.07, 6.45) is 1.95. The highest BCUT2D eigenvalue weighted by Crippen LogP contribution is 2.27. The molecular weight excluding hydrogens is 398 g/mol. The zero-order valence-corrected chi connectivity index (χ0v) is 17.7. The number of methoxy groups -OCH3 is 3. The fraction of sp³-hybridized carbons (Fsp3) is 0.261. The van der Waals surface area contributed by atoms with Crippen LogP contribution in [0.2, 0.25) is 0 Å². The van der Waals surface area contributed by atoms with Crippen LogP contribution in [0.3, 0.4) is 0 Å². The smallest absolute Gasteiger partial charge is 0.337 e. The summed E-state index contributed by atoms with van der Waals surface area (Å²) >= 11 is 0. The van der Waals surface area contributed by atoms with Crippen molar-refractivity contribution in [3.05, 3.63) is 70.9 Å². The zero-order chi connectivity index (χ0) is 22.6. The van der Waals surface area contributed by atoms with Crippen molar-refractivity contribution >= 4 is 11.9 Å². The summed E-state index contributed by atoms with van der Waals surface area (Å²) in [6.45, 7) is 0.758. The van der Waals surface area contributed by atoms with E-state index in [0.717, 1.165) is 11.1 Å². The predicted molar refractivity (Wildman–Crippen MR) is 115 cm³/mol. The number of hydrogen-bond acceptors (Lipinski definition) is 7. The molecule has 0 heterocycles. The minimum atomic E-state index is -0.462. The molecule has 2 rings (SSSR count). The third-order valence-corrected chi connectivity index (χ3v) is 4.44. The second-order valence-corrected chi connectivity index (χ2v) is 6.43. The normalized spacial score (nSPS) is 10.6. The van der Waals surface area contributed by atoms with Crippen molar-refractivity contribution in [3.8, 4) is 17.6 Å². The monoisotopic (exact) mass is 423 g/mol. The van der Waals surface area contributed by atoms with E-state index in [-0.39, 0.29) is 5.57 Å². The summed E-state index contributed by atoms with van der Waals surface area (Å²) in [6, 6.07) is 14.3. The lowest BCUT2D eigenvalue weighted by atomic mass is 10.1. The molecule has 0 unspecified atom stereocenters. The molecule has 1 amide bonds. The van der Waals surface area contributed by atoms with Gasteiger partial charge >= 0.3 is 5.97 Å². The number of ether oxygens (including phenoxy) is 3. The van der Waals surface area contributed by atoms with Crippen molar-refractivity contribution in [2.75, 3.05) is 27.9 Å². The molecule has 2 N–H and O–H groups in total. The van der Waals surface area contributed by atoms with Crippen LogP contribution >= 0.6 is 0 Å². The van der Waals surface area contributed by atoms with Gasteiger partial charge in [0, 0.05) is 19.3 Å². The Kier molecular flexibility index (Phi) is 8.92. The van der Waals surface area contributed by atoms with Gasteiger partial charge in [0.1, 0.15) is 11.6 Å². The van der Waals surface area contributed by atoms with E-state index in [1.807, 2.05) is 18.2 Å². The summed E-state index contributed by atoms with van der Waals surface area (Å²) < 4.78 is 15.1. The van der Waals surface area contributed by atoms with E-state index in [4.69, 9.17) is 9.47 Å². The van der Waals surface area contributed by atoms with E-state index in [9.17, 15) is 14.9 Å². The van der Waals surface area contributed by atoms with E-state index in [1.54, 1.807) is 44.6 Å². The third-order valence-electron chi connectivity index (χ3n) is 4.44. The number of nitriles is 1. The molecule has 0 aliphatic rings. The van der Waals surface area contributed by atoms with Crippen LogP contribution in [0.1, 0.15) is 21.5 Å². The predicted octanol–water partition coefficient (Wildman–Crippen LogP) is 2.35. The number of hydrogen-bond donors (Lipinski definition) is 2. The topological polar surface area (TPSA) is 110 Å². The Bertz CT molecular complexity index is 978. The molecule has 0 aliphatic carbocycles. The second-order valence-electron chi connectivity index (χ2n) is 6.43. The van der Waals surface area contributed by atoms with E-state index >= 15 is 0 Å². The number of carbonyl (C=O) groups excluding carboxylic acids is 2. The first-order chi connectivity index (χ1) is 15.0. The Labute approximate surface area is 181 Å². The first-order valence-electron chi connectivity index (χ1n) is 9.52. The van der Waals surface area contributed by atoms with E-state index < -0.39 is 11.9 Å². The molecule has 2 aromatic carbocycles. The van der Waals surface area contributed by atoms with Crippen LogP contribution in [0.15, 0.2) is 54.2 Å². The van der Waals surface area contributed by atoms with Crippen molar-refractivity contribution in [2.45, 2.75) is 13.0 Å². The average molecular weight is 423 g/mol. The number of amides is 1. The molecule has 0 fully saturated rings. The molecule has 8 heteroatoms. The molecule has 0 aromatic heterocycles. The molecule has 0 bridgehead atoms. The van der Waals surface area contributed by atoms with Crippen LogP contribution < -0.4 is 20.1 Å². The number of rotatable bonds is 10. The molecule has 162 valence electrons. The number of esters is 1. The Balaban J connectivity index is 1.85. The van der Waals surface area contributed by atoms with Gasteiger partial charge in [-0.2, -0.15) is 5.26 Å². The summed E-state index contributed by atoms with van der Waals surface area (Å²) in [7, 11) is 4.46. The SMILES string of the molecule is COC(=O)c1ccc(CN/C=C(/C#N)C(=O)NCCc2ccc(OC)c(OC)c2)cc1. The molecule has 2 aromatic rings. The molecule has 31 heavy (non-hydrogen) atoms. The quantitative estimate of drug-likeness (QED) is 0.343. The maximum Gasteiger partial charge on any atom is 0.337 e. The third kappa shape index (κ3) is 6.78. The number of nitrogens with one attached hydrogen (secondary N) is 2. The van der Waals surface area contributed by atoms with Crippen molar-refractivity contribution in [2.24, 2.45) is 0 Å². The molecule has 0 spiro atoms. The van der Waals surface area contributed by atoms with Crippen LogP contribution in [0.25, 0.3) is 0 Å². The highest BCUT2D eigenvalue weighted by molar-refractivity contribution is 5.97. The Hall–Kier alpha value is -3.99. The van der Waals surface area contributed by atoms with E-state index in [0.29, 0.717) is 36.6 Å². The standard InChI is InChI=1S/C23H25N3O5/c1-29-20-9-6-16(12-21(20)30-2)10-11-26-22(27)19(13-24)15-25-14-17-4-7-18(8-5-17)23(28)31-3/h4-9,12,15,25H,10-11,14H2,1-3H3,(H,26,27)/b19-15-. The van der Waals surface area contributed by atoms with Gasteiger partial charge in [-0.05, 0) is 41.8 Å². The van der Waals surface area contributed by atoms with Gasteiger partial charge in [0.15, 0.2) is 11.5 Å². The molecular formula is C23H25N3O5. The first-order valence-corrected chi connectivity index (χ1v) is 9.52. The summed E-state index contributed by atoms with van der Waals surface area (Å²) in [5.74, 6) is 0.385. The van der Waals surface area contributed by atoms with Crippen LogP contribution in [0, 0.1) is 11.3 Å². The van der Waals surface area contributed by atoms with Gasteiger partial charge in [-0.1, -0.05) is 18.2 Å². The fourth-order valence-corrected chi connectivity index (χ4v) is 2.75. The molecule has 0 aliphatic heterocycles. The Morgan fingerprint density at radius 1 is 1.00 bits per heavy atom. The molecule has 0 atom stereocenters. The lowest BCUT2D eigenvalue weighted by Crippen LogP contribution is -2.27. The summed E-state index contributed by atoms with van der Waals surface area (Å²) in [4.78, 5) is 23.7. The van der Waals surface area contributed by atoms with Crippen LogP contribution in [-0.4, -0.2) is 39.8 Å². The maximum atomic E-state index is 12.2. The number of benzene rings is 2. The van der Waals surface area contributed by atoms with E-state index in [2.05, 4.69) is 15.4 Å². The molecule has 0 saturated heterocycles. The van der Waals surface area contributed by atoms with Crippen LogP contribution in [-0.2, 0) is 22.5 Å². The van der Waals surface area contributed by atoms with Gasteiger partial charge < -0.3 is 24.8 Å². The van der Waals surface area contributed by atoms with Gasteiger partial charge in [-0.25, -0.2) is 4.79 Å². The van der Waals surface area contributed by atoms with Crippen molar-refractivity contribution in [1.82, 2.24) is 10.6 Å². The van der Waals surface area contributed by atoms with Gasteiger partial charge in [0.25, 0.3) is 5.91 Å². The van der Waals surface area contributed by atoms with Crippen LogP contribution in [0.4, 0.5) is 0 Å². The summed E-state index contributed by atoms with van der Waals surface area (Å²) in [5.41, 5.74) is 2.27. The minimum absolute atomic E-state index is 0.0292. The number of nitrogens with zero attached hydrogens (tertiary/aromatic N) is 1. The lowest BCUT2D eigenvalue weighted by Gasteiger charge is -2.10. The van der Waals surface area contributed by atoms with Gasteiger partial charge in [0.2, 0.25) is 0 Å². The second kappa shape index (κ2) is 11.9. The van der Waals surface area contributed by atoms with Gasteiger partial charge in [-0.3, -0.25) is 4.79 Å². The average Bonchev–Trinajstić information content (AvgIpc) is 2.81. The fourth-order valence-electron chi connectivity index (χ4n) is 2.75. The van der Waals surface area contributed by atoms with Crippen molar-refractivity contribution in [1.29, 1.82) is 5.26 Å². The maximum absolute atomic E-state index is 12.2. The van der Waals surface area contributed by atoms with Crippen LogP contribution in [0.5, 0.6) is 11.5 Å².